The predicted molar refractivity (Wildman–Crippen MR) is 508 cm³/mol. The zero-order valence-corrected chi connectivity index (χ0v) is 67.8. The lowest BCUT2D eigenvalue weighted by Crippen LogP contribution is -2.05. The van der Waals surface area contributed by atoms with E-state index in [9.17, 15) is 8.78 Å². The summed E-state index contributed by atoms with van der Waals surface area (Å²) in [7, 11) is 0. The SMILES string of the molecule is Fc1ccccc1-c1nc(-c2ccccc2)nc(-c2ccccc2F)n1.c1ccc(-c2ccc3c(c2)Cc2cc(-c4ccccc4)ccc2-3)cc1.c1ccc(-c2ccc3c4ccc(-c5ccccc5)cc4n(-c4ccccc4-c4nc(-c5ccccc5)nc(-c5ccccc5-n5c6cc(-c7ccccc7)ccc6c6ccc(-c7ccccc7)cc65)n4)c3c2)cc1. The Morgan fingerprint density at radius 2 is 0.384 bits per heavy atom. The highest BCUT2D eigenvalue weighted by Gasteiger charge is 2.26. The van der Waals surface area contributed by atoms with E-state index in [1.165, 1.54) is 78.2 Å². The number of para-hydroxylation sites is 2. The van der Waals surface area contributed by atoms with Crippen LogP contribution < -0.4 is 0 Å². The Balaban J connectivity index is 0.000000151. The van der Waals surface area contributed by atoms with E-state index in [0.29, 0.717) is 23.3 Å². The molecule has 0 radical (unpaired) electrons. The van der Waals surface area contributed by atoms with Gasteiger partial charge in [0.15, 0.2) is 34.9 Å². The molecule has 0 unspecified atom stereocenters. The van der Waals surface area contributed by atoms with Gasteiger partial charge in [-0.05, 0) is 168 Å². The summed E-state index contributed by atoms with van der Waals surface area (Å²) in [4.78, 5) is 29.5. The van der Waals surface area contributed by atoms with Crippen molar-refractivity contribution in [1.82, 2.24) is 39.0 Å². The van der Waals surface area contributed by atoms with Crippen molar-refractivity contribution in [3.8, 4) is 158 Å². The van der Waals surface area contributed by atoms with Gasteiger partial charge in [0.25, 0.3) is 0 Å². The van der Waals surface area contributed by atoms with Crippen molar-refractivity contribution in [2.24, 2.45) is 0 Å². The van der Waals surface area contributed by atoms with E-state index in [0.717, 1.165) is 107 Å². The molecule has 0 saturated carbocycles. The van der Waals surface area contributed by atoms with Crippen molar-refractivity contribution in [2.45, 2.75) is 6.42 Å². The van der Waals surface area contributed by atoms with Gasteiger partial charge in [-0.3, -0.25) is 0 Å². The number of rotatable bonds is 14. The maximum Gasteiger partial charge on any atom is 0.167 e. The van der Waals surface area contributed by atoms with Crippen LogP contribution in [0.5, 0.6) is 0 Å². The van der Waals surface area contributed by atoms with Crippen LogP contribution in [0.2, 0.25) is 0 Å². The molecule has 1 aliphatic carbocycles. The molecular formula is C115H76F2N8. The quantitative estimate of drug-likeness (QED) is 0.108. The Bertz CT molecular complexity index is 7130. The molecule has 0 N–H and O–H groups in total. The fourth-order valence-corrected chi connectivity index (χ4v) is 17.3. The minimum absolute atomic E-state index is 0.162. The number of fused-ring (bicyclic) bond motifs is 9. The van der Waals surface area contributed by atoms with Gasteiger partial charge >= 0.3 is 0 Å². The molecule has 18 aromatic carbocycles. The second-order valence-electron chi connectivity index (χ2n) is 31.1. The Morgan fingerprint density at radius 3 is 0.664 bits per heavy atom. The lowest BCUT2D eigenvalue weighted by molar-refractivity contribution is 0.628. The Labute approximate surface area is 722 Å². The molecular weight excluding hydrogens is 1530 g/mol. The number of nitrogens with zero attached hydrogens (tertiary/aromatic N) is 8. The van der Waals surface area contributed by atoms with Crippen LogP contribution in [0.4, 0.5) is 8.78 Å². The highest BCUT2D eigenvalue weighted by atomic mass is 19.1. The summed E-state index contributed by atoms with van der Waals surface area (Å²) in [6, 6.07) is 154. The number of benzene rings is 18. The van der Waals surface area contributed by atoms with Gasteiger partial charge in [-0.15, -0.1) is 0 Å². The van der Waals surface area contributed by atoms with Crippen molar-refractivity contribution >= 4 is 43.6 Å². The van der Waals surface area contributed by atoms with E-state index in [-0.39, 0.29) is 22.8 Å². The van der Waals surface area contributed by atoms with E-state index in [1.54, 1.807) is 36.4 Å². The second kappa shape index (κ2) is 33.6. The summed E-state index contributed by atoms with van der Waals surface area (Å²) in [5.41, 5.74) is 30.2. The van der Waals surface area contributed by atoms with Crippen molar-refractivity contribution in [2.75, 3.05) is 0 Å². The highest BCUT2D eigenvalue weighted by Crippen LogP contribution is 2.45. The molecule has 1 aliphatic rings. The fourth-order valence-electron chi connectivity index (χ4n) is 17.3. The molecule has 0 fully saturated rings. The lowest BCUT2D eigenvalue weighted by atomic mass is 9.98. The Kier molecular flexibility index (Phi) is 20.4. The van der Waals surface area contributed by atoms with E-state index >= 15 is 0 Å². The van der Waals surface area contributed by atoms with Crippen LogP contribution in [-0.4, -0.2) is 39.0 Å². The maximum absolute atomic E-state index is 14.2. The first-order chi connectivity index (χ1) is 61.8. The standard InChI is InChI=1S/C69H45N5.C25H18.C21H13F2N3/c1-6-20-46(21-7-1)51-34-38-55-56-39-35-52(47-22-8-2-9-23-47)43-64(56)73(63(55)42-51)61-32-18-16-30-59(61)68-70-67(50-28-14-5-15-29-50)71-69(72-68)60-31-17-19-33-62(60)74-65-44-53(48-24-10-3-11-25-48)36-40-57(65)58-41-37-54(45-66(58)74)49-26-12-4-13-27-49;1-3-7-18(8-4-1)20-11-13-24-22(15-20)17-23-16-21(12-14-25(23)24)19-9-5-2-6-10-19;22-17-12-6-4-10-15(17)20-24-19(14-8-2-1-3-9-14)25-21(26-20)16-11-5-7-13-18(16)23/h1-45H;1-16H,17H2;1-13H. The predicted octanol–water partition coefficient (Wildman–Crippen LogP) is 29.5. The largest absolute Gasteiger partial charge is 0.308 e. The van der Waals surface area contributed by atoms with Crippen LogP contribution >= 0.6 is 0 Å². The zero-order chi connectivity index (χ0) is 83.5. The smallest absolute Gasteiger partial charge is 0.167 e. The monoisotopic (exact) mass is 1610 g/mol. The molecule has 4 heterocycles. The normalized spacial score (nSPS) is 11.4. The summed E-state index contributed by atoms with van der Waals surface area (Å²) < 4.78 is 33.3. The van der Waals surface area contributed by atoms with Gasteiger partial charge in [0, 0.05) is 43.8 Å². The molecule has 23 rings (SSSR count). The first kappa shape index (κ1) is 75.9. The van der Waals surface area contributed by atoms with Crippen LogP contribution in [0.15, 0.2) is 449 Å². The molecule has 8 nitrogen and oxygen atoms in total. The van der Waals surface area contributed by atoms with Crippen LogP contribution in [0.25, 0.3) is 201 Å². The molecule has 0 saturated heterocycles. The zero-order valence-electron chi connectivity index (χ0n) is 67.8. The average molecular weight is 1610 g/mol. The highest BCUT2D eigenvalue weighted by molar-refractivity contribution is 6.13. The van der Waals surface area contributed by atoms with Gasteiger partial charge in [-0.1, -0.05) is 376 Å². The van der Waals surface area contributed by atoms with Crippen LogP contribution in [0.3, 0.4) is 0 Å². The first-order valence-corrected chi connectivity index (χ1v) is 41.9. The average Bonchev–Trinajstić information content (AvgIpc) is 1.60. The van der Waals surface area contributed by atoms with Crippen molar-refractivity contribution in [3.63, 3.8) is 0 Å². The number of aromatic nitrogens is 8. The Morgan fingerprint density at radius 1 is 0.168 bits per heavy atom. The molecule has 0 bridgehead atoms. The van der Waals surface area contributed by atoms with Gasteiger partial charge in [0.2, 0.25) is 0 Å². The van der Waals surface area contributed by atoms with E-state index in [4.69, 9.17) is 15.0 Å². The summed E-state index contributed by atoms with van der Waals surface area (Å²) >= 11 is 0. The third-order valence-corrected chi connectivity index (χ3v) is 23.4. The molecule has 0 amide bonds. The van der Waals surface area contributed by atoms with E-state index in [2.05, 4.69) is 376 Å². The topological polar surface area (TPSA) is 87.2 Å². The second-order valence-corrected chi connectivity index (χ2v) is 31.1. The van der Waals surface area contributed by atoms with Gasteiger partial charge in [-0.25, -0.2) is 38.7 Å². The van der Waals surface area contributed by atoms with Crippen molar-refractivity contribution in [3.05, 3.63) is 472 Å². The van der Waals surface area contributed by atoms with E-state index in [1.807, 2.05) is 48.5 Å². The molecule has 22 aromatic rings. The van der Waals surface area contributed by atoms with Gasteiger partial charge in [0.1, 0.15) is 11.6 Å². The molecule has 4 aromatic heterocycles. The van der Waals surface area contributed by atoms with Crippen LogP contribution in [-0.2, 0) is 6.42 Å². The Hall–Kier alpha value is -16.6. The van der Waals surface area contributed by atoms with Crippen LogP contribution in [0, 0.1) is 11.6 Å². The molecule has 0 spiro atoms. The number of hydrogen-bond donors (Lipinski definition) is 0. The summed E-state index contributed by atoms with van der Waals surface area (Å²) in [6.45, 7) is 0. The van der Waals surface area contributed by atoms with Gasteiger partial charge < -0.3 is 9.13 Å². The number of hydrogen-bond acceptors (Lipinski definition) is 6. The van der Waals surface area contributed by atoms with Gasteiger partial charge in [-0.2, -0.15) is 0 Å². The maximum atomic E-state index is 14.2. The van der Waals surface area contributed by atoms with Gasteiger partial charge in [0.05, 0.1) is 44.6 Å². The third-order valence-electron chi connectivity index (χ3n) is 23.4. The summed E-state index contributed by atoms with van der Waals surface area (Å²) in [5, 5.41) is 4.67. The van der Waals surface area contributed by atoms with Crippen LogP contribution in [0.1, 0.15) is 11.1 Å². The molecule has 590 valence electrons. The molecule has 10 heteroatoms. The number of halogens is 2. The minimum Gasteiger partial charge on any atom is -0.308 e. The minimum atomic E-state index is -0.447. The first-order valence-electron chi connectivity index (χ1n) is 41.9. The third kappa shape index (κ3) is 15.1. The lowest BCUT2D eigenvalue weighted by Gasteiger charge is -2.17. The molecule has 0 aliphatic heterocycles. The molecule has 125 heavy (non-hydrogen) atoms. The summed E-state index contributed by atoms with van der Waals surface area (Å²) in [5.74, 6) is 1.53. The summed E-state index contributed by atoms with van der Waals surface area (Å²) in [6.07, 6.45) is 1.02. The fraction of sp³-hybridized carbons (Fsp3) is 0.00870. The van der Waals surface area contributed by atoms with Crippen molar-refractivity contribution < 1.29 is 8.78 Å². The van der Waals surface area contributed by atoms with Crippen molar-refractivity contribution in [1.29, 1.82) is 0 Å². The van der Waals surface area contributed by atoms with E-state index < -0.39 is 11.6 Å². The molecule has 0 atom stereocenters.